The van der Waals surface area contributed by atoms with Crippen molar-refractivity contribution in [2.45, 2.75) is 12.5 Å². The standard InChI is InChI=1S/C14H12BrF2N/c15-10-6-7-11(16)13(14(10)17)12(18)8-9-4-2-1-3-5-9/h1-7,12H,8,18H2. The Morgan fingerprint density at radius 3 is 2.39 bits per heavy atom. The third kappa shape index (κ3) is 2.76. The van der Waals surface area contributed by atoms with Gasteiger partial charge in [0, 0.05) is 11.6 Å². The summed E-state index contributed by atoms with van der Waals surface area (Å²) < 4.78 is 27.7. The topological polar surface area (TPSA) is 26.0 Å². The molecule has 2 aromatic rings. The Morgan fingerprint density at radius 1 is 1.06 bits per heavy atom. The Hall–Kier alpha value is -1.26. The molecule has 1 nitrogen and oxygen atoms in total. The summed E-state index contributed by atoms with van der Waals surface area (Å²) in [4.78, 5) is 0. The monoisotopic (exact) mass is 311 g/mol. The number of hydrogen-bond acceptors (Lipinski definition) is 1. The molecule has 0 aliphatic rings. The van der Waals surface area contributed by atoms with Crippen molar-refractivity contribution < 1.29 is 8.78 Å². The molecular formula is C14H12BrF2N. The SMILES string of the molecule is NC(Cc1ccccc1)c1c(F)ccc(Br)c1F. The fourth-order valence-electron chi connectivity index (χ4n) is 1.85. The molecule has 4 heteroatoms. The van der Waals surface area contributed by atoms with Gasteiger partial charge >= 0.3 is 0 Å². The first kappa shape index (κ1) is 13.2. The fourth-order valence-corrected chi connectivity index (χ4v) is 2.20. The zero-order valence-electron chi connectivity index (χ0n) is 9.54. The summed E-state index contributed by atoms with van der Waals surface area (Å²) in [5.74, 6) is -1.24. The third-order valence-electron chi connectivity index (χ3n) is 2.75. The Kier molecular flexibility index (Phi) is 4.09. The molecule has 18 heavy (non-hydrogen) atoms. The molecule has 0 amide bonds. The summed E-state index contributed by atoms with van der Waals surface area (Å²) in [6.45, 7) is 0. The molecule has 0 saturated heterocycles. The van der Waals surface area contributed by atoms with Crippen LogP contribution in [0.25, 0.3) is 0 Å². The van der Waals surface area contributed by atoms with Crippen molar-refractivity contribution >= 4 is 15.9 Å². The van der Waals surface area contributed by atoms with Crippen molar-refractivity contribution in [2.75, 3.05) is 0 Å². The van der Waals surface area contributed by atoms with Gasteiger partial charge in [-0.2, -0.15) is 0 Å². The highest BCUT2D eigenvalue weighted by Crippen LogP contribution is 2.27. The van der Waals surface area contributed by atoms with Crippen LogP contribution in [0.5, 0.6) is 0 Å². The molecule has 1 atom stereocenters. The molecule has 1 unspecified atom stereocenters. The molecule has 0 fully saturated rings. The van der Waals surface area contributed by atoms with Crippen LogP contribution in [0.2, 0.25) is 0 Å². The van der Waals surface area contributed by atoms with Crippen LogP contribution in [0.3, 0.4) is 0 Å². The molecule has 0 aliphatic carbocycles. The van der Waals surface area contributed by atoms with Crippen LogP contribution in [-0.4, -0.2) is 0 Å². The molecule has 0 heterocycles. The van der Waals surface area contributed by atoms with E-state index in [4.69, 9.17) is 5.73 Å². The lowest BCUT2D eigenvalue weighted by molar-refractivity contribution is 0.521. The first-order chi connectivity index (χ1) is 8.59. The lowest BCUT2D eigenvalue weighted by Crippen LogP contribution is -2.17. The predicted octanol–water partition coefficient (Wildman–Crippen LogP) is 3.97. The van der Waals surface area contributed by atoms with Gasteiger partial charge in [0.25, 0.3) is 0 Å². The van der Waals surface area contributed by atoms with Crippen molar-refractivity contribution in [3.63, 3.8) is 0 Å². The lowest BCUT2D eigenvalue weighted by atomic mass is 9.99. The number of rotatable bonds is 3. The molecule has 0 aliphatic heterocycles. The average Bonchev–Trinajstić information content (AvgIpc) is 2.36. The van der Waals surface area contributed by atoms with E-state index in [0.717, 1.165) is 5.56 Å². The molecule has 2 aromatic carbocycles. The summed E-state index contributed by atoms with van der Waals surface area (Å²) in [5, 5.41) is 0. The average molecular weight is 312 g/mol. The van der Waals surface area contributed by atoms with Crippen molar-refractivity contribution in [1.29, 1.82) is 0 Å². The fraction of sp³-hybridized carbons (Fsp3) is 0.143. The van der Waals surface area contributed by atoms with Gasteiger partial charge in [-0.25, -0.2) is 8.78 Å². The van der Waals surface area contributed by atoms with Gasteiger partial charge in [0.1, 0.15) is 11.6 Å². The van der Waals surface area contributed by atoms with Crippen LogP contribution in [-0.2, 0) is 6.42 Å². The second-order valence-electron chi connectivity index (χ2n) is 4.05. The third-order valence-corrected chi connectivity index (χ3v) is 3.36. The quantitative estimate of drug-likeness (QED) is 0.853. The number of hydrogen-bond donors (Lipinski definition) is 1. The molecule has 0 saturated carbocycles. The molecule has 0 bridgehead atoms. The van der Waals surface area contributed by atoms with E-state index in [-0.39, 0.29) is 10.0 Å². The van der Waals surface area contributed by atoms with Crippen molar-refractivity contribution in [3.8, 4) is 0 Å². The molecule has 0 radical (unpaired) electrons. The lowest BCUT2D eigenvalue weighted by Gasteiger charge is -2.14. The normalized spacial score (nSPS) is 12.4. The van der Waals surface area contributed by atoms with Crippen molar-refractivity contribution in [2.24, 2.45) is 5.73 Å². The highest BCUT2D eigenvalue weighted by Gasteiger charge is 2.19. The van der Waals surface area contributed by atoms with Crippen molar-refractivity contribution in [3.05, 3.63) is 69.7 Å². The van der Waals surface area contributed by atoms with Crippen LogP contribution in [0.15, 0.2) is 46.9 Å². The summed E-state index contributed by atoms with van der Waals surface area (Å²) in [6.07, 6.45) is 0.394. The van der Waals surface area contributed by atoms with Gasteiger partial charge in [-0.1, -0.05) is 30.3 Å². The molecular weight excluding hydrogens is 300 g/mol. The summed E-state index contributed by atoms with van der Waals surface area (Å²) >= 11 is 3.04. The predicted molar refractivity (Wildman–Crippen MR) is 71.1 cm³/mol. The van der Waals surface area contributed by atoms with Crippen LogP contribution >= 0.6 is 15.9 Å². The van der Waals surface area contributed by atoms with Gasteiger partial charge in [-0.3, -0.25) is 0 Å². The zero-order valence-corrected chi connectivity index (χ0v) is 11.1. The van der Waals surface area contributed by atoms with Crippen LogP contribution in [0.4, 0.5) is 8.78 Å². The second-order valence-corrected chi connectivity index (χ2v) is 4.91. The van der Waals surface area contributed by atoms with Gasteiger partial charge in [0.15, 0.2) is 0 Å². The number of benzene rings is 2. The highest BCUT2D eigenvalue weighted by molar-refractivity contribution is 9.10. The van der Waals surface area contributed by atoms with E-state index in [1.165, 1.54) is 12.1 Å². The van der Waals surface area contributed by atoms with Gasteiger partial charge in [0.05, 0.1) is 4.47 Å². The maximum absolute atomic E-state index is 13.8. The van der Waals surface area contributed by atoms with E-state index >= 15 is 0 Å². The largest absolute Gasteiger partial charge is 0.323 e. The molecule has 94 valence electrons. The number of nitrogens with two attached hydrogens (primary N) is 1. The van der Waals surface area contributed by atoms with Crippen molar-refractivity contribution in [1.82, 2.24) is 0 Å². The van der Waals surface area contributed by atoms with E-state index in [1.807, 2.05) is 30.3 Å². The van der Waals surface area contributed by atoms with E-state index in [1.54, 1.807) is 0 Å². The van der Waals surface area contributed by atoms with Gasteiger partial charge in [0.2, 0.25) is 0 Å². The summed E-state index contributed by atoms with van der Waals surface area (Å²) in [6, 6.07) is 11.2. The van der Waals surface area contributed by atoms with Crippen LogP contribution in [0, 0.1) is 11.6 Å². The summed E-state index contributed by atoms with van der Waals surface area (Å²) in [5.41, 5.74) is 6.77. The molecule has 2 N–H and O–H groups in total. The van der Waals surface area contributed by atoms with E-state index in [2.05, 4.69) is 15.9 Å². The summed E-state index contributed by atoms with van der Waals surface area (Å²) in [7, 11) is 0. The maximum atomic E-state index is 13.8. The van der Waals surface area contributed by atoms with Crippen LogP contribution < -0.4 is 5.73 Å². The zero-order chi connectivity index (χ0) is 13.1. The molecule has 0 aromatic heterocycles. The van der Waals surface area contributed by atoms with Gasteiger partial charge in [-0.15, -0.1) is 0 Å². The number of halogens is 3. The van der Waals surface area contributed by atoms with E-state index in [0.29, 0.717) is 6.42 Å². The minimum Gasteiger partial charge on any atom is -0.323 e. The first-order valence-corrected chi connectivity index (χ1v) is 6.32. The van der Waals surface area contributed by atoms with Gasteiger partial charge in [-0.05, 0) is 40.0 Å². The second kappa shape index (κ2) is 5.59. The molecule has 2 rings (SSSR count). The Labute approximate surface area is 113 Å². The van der Waals surface area contributed by atoms with Crippen LogP contribution in [0.1, 0.15) is 17.2 Å². The van der Waals surface area contributed by atoms with E-state index < -0.39 is 17.7 Å². The first-order valence-electron chi connectivity index (χ1n) is 5.52. The minimum absolute atomic E-state index is 0.0757. The Bertz CT molecular complexity index is 543. The maximum Gasteiger partial charge on any atom is 0.145 e. The Balaban J connectivity index is 2.29. The Morgan fingerprint density at radius 2 is 1.72 bits per heavy atom. The van der Waals surface area contributed by atoms with Gasteiger partial charge < -0.3 is 5.73 Å². The minimum atomic E-state index is -0.704. The highest BCUT2D eigenvalue weighted by atomic mass is 79.9. The van der Waals surface area contributed by atoms with E-state index in [9.17, 15) is 8.78 Å². The molecule has 0 spiro atoms. The smallest absolute Gasteiger partial charge is 0.145 e.